The average Bonchev–Trinajstić information content (AvgIpc) is 2.86. The van der Waals surface area contributed by atoms with Crippen molar-refractivity contribution in [2.75, 3.05) is 32.7 Å². The lowest BCUT2D eigenvalue weighted by atomic mass is 9.86. The molecular weight excluding hydrogens is 356 g/mol. The largest absolute Gasteiger partial charge is 0.355 e. The van der Waals surface area contributed by atoms with E-state index in [1.807, 2.05) is 13.8 Å². The maximum absolute atomic E-state index is 13.0. The van der Waals surface area contributed by atoms with Crippen LogP contribution in [0.1, 0.15) is 20.3 Å². The highest BCUT2D eigenvalue weighted by molar-refractivity contribution is 7.89. The van der Waals surface area contributed by atoms with Crippen LogP contribution in [0.2, 0.25) is 0 Å². The number of hydrogen-bond acceptors (Lipinski definition) is 5. The number of carbonyl (C=O) groups excluding carboxylic acids is 2. The quantitative estimate of drug-likeness (QED) is 0.800. The molecule has 0 bridgehead atoms. The molecule has 0 aromatic carbocycles. The summed E-state index contributed by atoms with van der Waals surface area (Å²) < 4.78 is 27.5. The fraction of sp³-hybridized carbons (Fsp3) is 0.588. The van der Waals surface area contributed by atoms with Gasteiger partial charge in [-0.2, -0.15) is 4.31 Å². The normalized spacial score (nSPS) is 24.7. The first kappa shape index (κ1) is 18.8. The molecule has 9 heteroatoms. The highest BCUT2D eigenvalue weighted by Gasteiger charge is 2.46. The van der Waals surface area contributed by atoms with Gasteiger partial charge in [-0.3, -0.25) is 14.6 Å². The van der Waals surface area contributed by atoms with Crippen molar-refractivity contribution in [3.05, 3.63) is 24.5 Å². The Hall–Kier alpha value is -2.00. The Morgan fingerprint density at radius 1 is 1.31 bits per heavy atom. The third-order valence-electron chi connectivity index (χ3n) is 4.93. The van der Waals surface area contributed by atoms with Crippen LogP contribution in [0, 0.1) is 11.3 Å². The van der Waals surface area contributed by atoms with E-state index >= 15 is 0 Å². The fourth-order valence-electron chi connectivity index (χ4n) is 3.60. The molecule has 0 radical (unpaired) electrons. The van der Waals surface area contributed by atoms with Gasteiger partial charge >= 0.3 is 0 Å². The molecule has 1 spiro atoms. The number of pyridine rings is 1. The van der Waals surface area contributed by atoms with Gasteiger partial charge < -0.3 is 10.2 Å². The van der Waals surface area contributed by atoms with Crippen LogP contribution in [0.5, 0.6) is 0 Å². The Kier molecular flexibility index (Phi) is 5.03. The van der Waals surface area contributed by atoms with Gasteiger partial charge in [-0.15, -0.1) is 0 Å². The number of aromatic nitrogens is 1. The van der Waals surface area contributed by atoms with Crippen molar-refractivity contribution in [2.24, 2.45) is 11.3 Å². The van der Waals surface area contributed by atoms with Gasteiger partial charge in [-0.1, -0.05) is 13.8 Å². The molecule has 26 heavy (non-hydrogen) atoms. The van der Waals surface area contributed by atoms with Crippen LogP contribution >= 0.6 is 0 Å². The van der Waals surface area contributed by atoms with Crippen molar-refractivity contribution < 1.29 is 18.0 Å². The van der Waals surface area contributed by atoms with E-state index in [1.165, 1.54) is 22.8 Å². The predicted molar refractivity (Wildman–Crippen MR) is 94.5 cm³/mol. The Morgan fingerprint density at radius 3 is 2.65 bits per heavy atom. The summed E-state index contributed by atoms with van der Waals surface area (Å²) in [5, 5.41) is 2.80. The number of nitrogens with zero attached hydrogens (tertiary/aromatic N) is 3. The highest BCUT2D eigenvalue weighted by Crippen LogP contribution is 2.33. The minimum absolute atomic E-state index is 0.0238. The summed E-state index contributed by atoms with van der Waals surface area (Å²) in [4.78, 5) is 30.1. The molecule has 1 aromatic rings. The molecule has 8 nitrogen and oxygen atoms in total. The van der Waals surface area contributed by atoms with E-state index in [2.05, 4.69) is 10.3 Å². The highest BCUT2D eigenvalue weighted by atomic mass is 32.2. The van der Waals surface area contributed by atoms with Gasteiger partial charge in [0.25, 0.3) is 0 Å². The third kappa shape index (κ3) is 3.59. The summed E-state index contributed by atoms with van der Waals surface area (Å²) in [5.74, 6) is -0.314. The lowest BCUT2D eigenvalue weighted by molar-refractivity contribution is -0.135. The summed E-state index contributed by atoms with van der Waals surface area (Å²) in [6.45, 7) is 5.10. The van der Waals surface area contributed by atoms with E-state index in [0.717, 1.165) is 0 Å². The van der Waals surface area contributed by atoms with Gasteiger partial charge in [0.15, 0.2) is 0 Å². The Bertz CT molecular complexity index is 796. The van der Waals surface area contributed by atoms with Crippen LogP contribution in [0.3, 0.4) is 0 Å². The van der Waals surface area contributed by atoms with Gasteiger partial charge in [0.2, 0.25) is 21.8 Å². The molecule has 1 aromatic heterocycles. The molecule has 142 valence electrons. The zero-order valence-corrected chi connectivity index (χ0v) is 15.8. The van der Waals surface area contributed by atoms with Crippen LogP contribution < -0.4 is 5.32 Å². The van der Waals surface area contributed by atoms with E-state index in [-0.39, 0.29) is 42.1 Å². The second-order valence-corrected chi connectivity index (χ2v) is 9.33. The van der Waals surface area contributed by atoms with Gasteiger partial charge in [0.1, 0.15) is 4.90 Å². The standard InChI is InChI=1S/C17H24N4O4S/c1-13(2)16(23)20-6-7-21(12-17(11-20)8-15(22)19-10-17)26(24,25)14-4-3-5-18-9-14/h3-5,9,13H,6-8,10-12H2,1-2H3,(H,19,22). The first-order valence-electron chi connectivity index (χ1n) is 8.69. The van der Waals surface area contributed by atoms with E-state index in [9.17, 15) is 18.0 Å². The van der Waals surface area contributed by atoms with Crippen molar-refractivity contribution in [1.29, 1.82) is 0 Å². The number of amides is 2. The molecule has 0 aliphatic carbocycles. The first-order valence-corrected chi connectivity index (χ1v) is 10.1. The zero-order valence-electron chi connectivity index (χ0n) is 15.0. The molecular formula is C17H24N4O4S. The molecule has 1 unspecified atom stereocenters. The average molecular weight is 380 g/mol. The summed E-state index contributed by atoms with van der Waals surface area (Å²) in [7, 11) is -3.74. The molecule has 2 aliphatic rings. The Balaban J connectivity index is 1.94. The maximum atomic E-state index is 13.0. The molecule has 3 rings (SSSR count). The summed E-state index contributed by atoms with van der Waals surface area (Å²) >= 11 is 0. The Labute approximate surface area is 153 Å². The van der Waals surface area contributed by atoms with Gasteiger partial charge in [0.05, 0.1) is 0 Å². The van der Waals surface area contributed by atoms with Crippen LogP contribution in [0.4, 0.5) is 0 Å². The van der Waals surface area contributed by atoms with Gasteiger partial charge in [0, 0.05) is 62.9 Å². The van der Waals surface area contributed by atoms with E-state index in [0.29, 0.717) is 19.6 Å². The van der Waals surface area contributed by atoms with Crippen LogP contribution in [0.25, 0.3) is 0 Å². The van der Waals surface area contributed by atoms with Crippen molar-refractivity contribution >= 4 is 21.8 Å². The third-order valence-corrected chi connectivity index (χ3v) is 6.76. The number of rotatable bonds is 3. The smallest absolute Gasteiger partial charge is 0.244 e. The molecule has 1 N–H and O–H groups in total. The second-order valence-electron chi connectivity index (χ2n) is 7.40. The van der Waals surface area contributed by atoms with Gasteiger partial charge in [-0.05, 0) is 12.1 Å². The number of nitrogens with one attached hydrogen (secondary N) is 1. The topological polar surface area (TPSA) is 99.7 Å². The zero-order chi connectivity index (χ0) is 18.9. The monoisotopic (exact) mass is 380 g/mol. The van der Waals surface area contributed by atoms with Crippen LogP contribution in [-0.4, -0.2) is 67.1 Å². The fourth-order valence-corrected chi connectivity index (χ4v) is 5.11. The second kappa shape index (κ2) is 6.96. The lowest BCUT2D eigenvalue weighted by Crippen LogP contribution is -2.45. The van der Waals surface area contributed by atoms with Crippen molar-refractivity contribution in [2.45, 2.75) is 25.2 Å². The van der Waals surface area contributed by atoms with Crippen LogP contribution in [-0.2, 0) is 19.6 Å². The molecule has 3 heterocycles. The molecule has 2 fully saturated rings. The van der Waals surface area contributed by atoms with E-state index < -0.39 is 15.4 Å². The number of carbonyl (C=O) groups is 2. The minimum atomic E-state index is -3.74. The molecule has 2 saturated heterocycles. The molecule has 2 amide bonds. The maximum Gasteiger partial charge on any atom is 0.244 e. The summed E-state index contributed by atoms with van der Waals surface area (Å²) in [6.07, 6.45) is 3.06. The number of hydrogen-bond donors (Lipinski definition) is 1. The first-order chi connectivity index (χ1) is 12.2. The van der Waals surface area contributed by atoms with Crippen molar-refractivity contribution in [1.82, 2.24) is 19.5 Å². The van der Waals surface area contributed by atoms with Gasteiger partial charge in [-0.25, -0.2) is 8.42 Å². The summed E-state index contributed by atoms with van der Waals surface area (Å²) in [6, 6.07) is 3.09. The Morgan fingerprint density at radius 2 is 2.08 bits per heavy atom. The minimum Gasteiger partial charge on any atom is -0.355 e. The van der Waals surface area contributed by atoms with E-state index in [1.54, 1.807) is 11.0 Å². The summed E-state index contributed by atoms with van der Waals surface area (Å²) in [5.41, 5.74) is -0.604. The number of sulfonamides is 1. The lowest BCUT2D eigenvalue weighted by Gasteiger charge is -2.33. The van der Waals surface area contributed by atoms with E-state index in [4.69, 9.17) is 0 Å². The molecule has 2 aliphatic heterocycles. The SMILES string of the molecule is CC(C)C(=O)N1CCN(S(=O)(=O)c2cccnc2)CC2(CNC(=O)C2)C1. The predicted octanol–water partition coefficient (Wildman–Crippen LogP) is 0.0768. The molecule has 1 atom stereocenters. The van der Waals surface area contributed by atoms with Crippen LogP contribution in [0.15, 0.2) is 29.4 Å². The van der Waals surface area contributed by atoms with Crippen molar-refractivity contribution in [3.63, 3.8) is 0 Å². The van der Waals surface area contributed by atoms with Crippen molar-refractivity contribution in [3.8, 4) is 0 Å². The molecule has 0 saturated carbocycles.